The predicted octanol–water partition coefficient (Wildman–Crippen LogP) is 2.02. The predicted molar refractivity (Wildman–Crippen MR) is 69.2 cm³/mol. The molecule has 1 aliphatic carbocycles. The lowest BCUT2D eigenvalue weighted by Gasteiger charge is -2.39. The van der Waals surface area contributed by atoms with Crippen LogP contribution in [-0.4, -0.2) is 26.5 Å². The monoisotopic (exact) mass is 249 g/mol. The molecule has 1 saturated carbocycles. The molecule has 4 nitrogen and oxygen atoms in total. The summed E-state index contributed by atoms with van der Waals surface area (Å²) < 4.78 is 10.4. The highest BCUT2D eigenvalue weighted by Gasteiger charge is 2.43. The van der Waals surface area contributed by atoms with Gasteiger partial charge in [-0.25, -0.2) is 0 Å². The first kappa shape index (κ1) is 12.9. The molecule has 2 N–H and O–H groups in total. The van der Waals surface area contributed by atoms with Gasteiger partial charge in [-0.05, 0) is 31.0 Å². The average molecular weight is 249 g/mol. The summed E-state index contributed by atoms with van der Waals surface area (Å²) in [7, 11) is 3.14. The van der Waals surface area contributed by atoms with Crippen LogP contribution in [0.25, 0.3) is 0 Å². The Bertz CT molecular complexity index is 447. The lowest BCUT2D eigenvalue weighted by Crippen LogP contribution is -2.44. The number of hydrogen-bond acceptors (Lipinski definition) is 4. The average Bonchev–Trinajstić information content (AvgIpc) is 2.37. The van der Waals surface area contributed by atoms with Crippen LogP contribution in [0.2, 0.25) is 0 Å². The van der Waals surface area contributed by atoms with Crippen LogP contribution in [0.1, 0.15) is 29.6 Å². The van der Waals surface area contributed by atoms with Crippen molar-refractivity contribution in [3.05, 3.63) is 23.8 Å². The molecular weight excluding hydrogens is 230 g/mol. The fraction of sp³-hybridized carbons (Fsp3) is 0.500. The molecule has 0 atom stereocenters. The zero-order valence-corrected chi connectivity index (χ0v) is 10.9. The van der Waals surface area contributed by atoms with Crippen molar-refractivity contribution in [1.82, 2.24) is 0 Å². The van der Waals surface area contributed by atoms with E-state index in [1.165, 1.54) is 0 Å². The van der Waals surface area contributed by atoms with E-state index in [2.05, 4.69) is 0 Å². The van der Waals surface area contributed by atoms with E-state index in [9.17, 15) is 4.79 Å². The maximum absolute atomic E-state index is 12.5. The maximum atomic E-state index is 12.5. The van der Waals surface area contributed by atoms with Gasteiger partial charge in [0, 0.05) is 17.5 Å². The number of hydrogen-bond donors (Lipinski definition) is 1. The smallest absolute Gasteiger partial charge is 0.170 e. The summed E-state index contributed by atoms with van der Waals surface area (Å²) in [6, 6.07) is 5.27. The van der Waals surface area contributed by atoms with Crippen molar-refractivity contribution in [2.45, 2.75) is 19.3 Å². The molecule has 2 rings (SSSR count). The molecule has 18 heavy (non-hydrogen) atoms. The Morgan fingerprint density at radius 3 is 2.39 bits per heavy atom. The van der Waals surface area contributed by atoms with E-state index in [0.29, 0.717) is 23.6 Å². The van der Waals surface area contributed by atoms with E-state index in [1.54, 1.807) is 32.4 Å². The minimum absolute atomic E-state index is 0.122. The molecule has 0 heterocycles. The first-order valence-electron chi connectivity index (χ1n) is 6.14. The topological polar surface area (TPSA) is 61.5 Å². The Morgan fingerprint density at radius 1 is 1.28 bits per heavy atom. The van der Waals surface area contributed by atoms with Gasteiger partial charge in [-0.2, -0.15) is 0 Å². The van der Waals surface area contributed by atoms with Gasteiger partial charge in [0.1, 0.15) is 0 Å². The van der Waals surface area contributed by atoms with Gasteiger partial charge in [0.2, 0.25) is 0 Å². The molecule has 0 radical (unpaired) electrons. The Hall–Kier alpha value is -1.55. The normalized spacial score (nSPS) is 16.8. The number of rotatable bonds is 5. The lowest BCUT2D eigenvalue weighted by atomic mass is 9.64. The van der Waals surface area contributed by atoms with E-state index in [-0.39, 0.29) is 11.2 Å². The number of methoxy groups -OCH3 is 2. The van der Waals surface area contributed by atoms with Crippen LogP contribution in [0.15, 0.2) is 18.2 Å². The summed E-state index contributed by atoms with van der Waals surface area (Å²) >= 11 is 0. The zero-order chi connectivity index (χ0) is 13.2. The second-order valence-corrected chi connectivity index (χ2v) is 4.74. The number of ether oxygens (including phenoxy) is 2. The van der Waals surface area contributed by atoms with Crippen molar-refractivity contribution in [3.8, 4) is 11.5 Å². The molecule has 0 amide bonds. The van der Waals surface area contributed by atoms with Gasteiger partial charge in [0.25, 0.3) is 0 Å². The van der Waals surface area contributed by atoms with Crippen LogP contribution in [0.3, 0.4) is 0 Å². The highest BCUT2D eigenvalue weighted by atomic mass is 16.5. The lowest BCUT2D eigenvalue weighted by molar-refractivity contribution is 0.0635. The third kappa shape index (κ3) is 1.97. The summed E-state index contributed by atoms with van der Waals surface area (Å²) in [5.74, 6) is 1.33. The van der Waals surface area contributed by atoms with Gasteiger partial charge in [-0.15, -0.1) is 0 Å². The summed E-state index contributed by atoms with van der Waals surface area (Å²) in [5, 5.41) is 0. The van der Waals surface area contributed by atoms with Gasteiger partial charge in [0.15, 0.2) is 17.3 Å². The number of nitrogens with two attached hydrogens (primary N) is 1. The number of carbonyl (C=O) groups is 1. The van der Waals surface area contributed by atoms with Crippen LogP contribution < -0.4 is 15.2 Å². The van der Waals surface area contributed by atoms with Gasteiger partial charge in [0.05, 0.1) is 14.2 Å². The molecule has 0 bridgehead atoms. The summed E-state index contributed by atoms with van der Waals surface area (Å²) in [6.45, 7) is 0.417. The molecule has 0 aliphatic heterocycles. The Kier molecular flexibility index (Phi) is 3.57. The van der Waals surface area contributed by atoms with Crippen LogP contribution >= 0.6 is 0 Å². The van der Waals surface area contributed by atoms with Gasteiger partial charge >= 0.3 is 0 Å². The molecule has 1 fully saturated rings. The first-order chi connectivity index (χ1) is 8.66. The number of benzene rings is 1. The molecule has 98 valence electrons. The minimum Gasteiger partial charge on any atom is -0.493 e. The van der Waals surface area contributed by atoms with Crippen LogP contribution in [0.5, 0.6) is 11.5 Å². The SMILES string of the molecule is COc1ccc(C(=O)C2(CN)CCC2)cc1OC. The molecule has 4 heteroatoms. The van der Waals surface area contributed by atoms with E-state index in [1.807, 2.05) is 0 Å². The Morgan fingerprint density at radius 2 is 1.94 bits per heavy atom. The minimum atomic E-state index is -0.348. The Labute approximate surface area is 107 Å². The second-order valence-electron chi connectivity index (χ2n) is 4.74. The molecule has 1 aromatic rings. The zero-order valence-electron chi connectivity index (χ0n) is 10.9. The van der Waals surface area contributed by atoms with Gasteiger partial charge < -0.3 is 15.2 Å². The molecule has 0 unspecified atom stereocenters. The summed E-state index contributed by atoms with van der Waals surface area (Å²) in [4.78, 5) is 12.5. The number of ketones is 1. The maximum Gasteiger partial charge on any atom is 0.170 e. The fourth-order valence-corrected chi connectivity index (χ4v) is 2.41. The van der Waals surface area contributed by atoms with Crippen molar-refractivity contribution in [2.75, 3.05) is 20.8 Å². The van der Waals surface area contributed by atoms with Crippen molar-refractivity contribution >= 4 is 5.78 Å². The molecular formula is C14H19NO3. The highest BCUT2D eigenvalue weighted by molar-refractivity contribution is 6.01. The molecule has 0 saturated heterocycles. The first-order valence-corrected chi connectivity index (χ1v) is 6.14. The number of Topliss-reactive ketones (excluding diaryl/α,β-unsaturated/α-hetero) is 1. The van der Waals surface area contributed by atoms with E-state index in [4.69, 9.17) is 15.2 Å². The van der Waals surface area contributed by atoms with Crippen LogP contribution in [0, 0.1) is 5.41 Å². The van der Waals surface area contributed by atoms with Gasteiger partial charge in [-0.3, -0.25) is 4.79 Å². The van der Waals surface area contributed by atoms with E-state index in [0.717, 1.165) is 19.3 Å². The second kappa shape index (κ2) is 4.98. The molecule has 1 aromatic carbocycles. The third-order valence-electron chi connectivity index (χ3n) is 3.83. The Balaban J connectivity index is 2.31. The summed E-state index contributed by atoms with van der Waals surface area (Å²) in [5.41, 5.74) is 6.06. The fourth-order valence-electron chi connectivity index (χ4n) is 2.41. The molecule has 0 spiro atoms. The standard InChI is InChI=1S/C14H19NO3/c1-17-11-5-4-10(8-12(11)18-2)13(16)14(9-15)6-3-7-14/h4-5,8H,3,6-7,9,15H2,1-2H3. The number of carbonyl (C=O) groups excluding carboxylic acids is 1. The quantitative estimate of drug-likeness (QED) is 0.811. The van der Waals surface area contributed by atoms with Crippen molar-refractivity contribution < 1.29 is 14.3 Å². The van der Waals surface area contributed by atoms with Crippen LogP contribution in [-0.2, 0) is 0 Å². The molecule has 0 aromatic heterocycles. The van der Waals surface area contributed by atoms with Crippen molar-refractivity contribution in [2.24, 2.45) is 11.1 Å². The van der Waals surface area contributed by atoms with E-state index >= 15 is 0 Å². The van der Waals surface area contributed by atoms with Crippen molar-refractivity contribution in [3.63, 3.8) is 0 Å². The van der Waals surface area contributed by atoms with Crippen molar-refractivity contribution in [1.29, 1.82) is 0 Å². The summed E-state index contributed by atoms with van der Waals surface area (Å²) in [6.07, 6.45) is 2.85. The highest BCUT2D eigenvalue weighted by Crippen LogP contribution is 2.43. The molecule has 1 aliphatic rings. The van der Waals surface area contributed by atoms with Gasteiger partial charge in [-0.1, -0.05) is 6.42 Å². The van der Waals surface area contributed by atoms with Crippen LogP contribution in [0.4, 0.5) is 0 Å². The van der Waals surface area contributed by atoms with E-state index < -0.39 is 0 Å². The third-order valence-corrected chi connectivity index (χ3v) is 3.83. The largest absolute Gasteiger partial charge is 0.493 e.